The highest BCUT2D eigenvalue weighted by Crippen LogP contribution is 2.18. The first kappa shape index (κ1) is 31.0. The van der Waals surface area contributed by atoms with Gasteiger partial charge in [-0.05, 0) is 82.2 Å². The number of benzene rings is 3. The van der Waals surface area contributed by atoms with Crippen LogP contribution in [0.3, 0.4) is 0 Å². The van der Waals surface area contributed by atoms with E-state index >= 15 is 0 Å². The van der Waals surface area contributed by atoms with Crippen molar-refractivity contribution in [3.8, 4) is 0 Å². The zero-order valence-corrected chi connectivity index (χ0v) is 24.5. The van der Waals surface area contributed by atoms with Crippen LogP contribution in [0.15, 0.2) is 54.6 Å². The third kappa shape index (κ3) is 6.69. The summed E-state index contributed by atoms with van der Waals surface area (Å²) in [5.74, 6) is -1.43. The lowest BCUT2D eigenvalue weighted by Gasteiger charge is -2.24. The van der Waals surface area contributed by atoms with Gasteiger partial charge in [0.2, 0.25) is 5.91 Å². The fourth-order valence-electron chi connectivity index (χ4n) is 5.90. The third-order valence-electron chi connectivity index (χ3n) is 8.48. The smallest absolute Gasteiger partial charge is 0.423 e. The molecule has 15 heteroatoms. The second kappa shape index (κ2) is 13.2. The van der Waals surface area contributed by atoms with E-state index in [0.717, 1.165) is 22.3 Å². The number of nitrogens with one attached hydrogen (secondary N) is 1. The molecule has 0 saturated heterocycles. The number of amides is 3. The maximum Gasteiger partial charge on any atom is 0.491 e. The highest BCUT2D eigenvalue weighted by molar-refractivity contribution is 6.62. The SMILES string of the molecule is NC(=O)[C@H](CCCCN(Cc1ccc2c(c1)B(O)OC2)C(=O)c1ccc2c(c1)B(O)OC2)NC(=O)c1ccc2c(c1)B(O)OC2. The highest BCUT2D eigenvalue weighted by Gasteiger charge is 2.31. The quantitative estimate of drug-likeness (QED) is 0.127. The minimum Gasteiger partial charge on any atom is -0.423 e. The van der Waals surface area contributed by atoms with Gasteiger partial charge in [-0.15, -0.1) is 0 Å². The van der Waals surface area contributed by atoms with Crippen molar-refractivity contribution in [3.63, 3.8) is 0 Å². The molecule has 0 aromatic heterocycles. The summed E-state index contributed by atoms with van der Waals surface area (Å²) < 4.78 is 15.8. The van der Waals surface area contributed by atoms with Crippen molar-refractivity contribution in [1.82, 2.24) is 10.2 Å². The number of nitrogens with two attached hydrogens (primary N) is 1. The van der Waals surface area contributed by atoms with Crippen molar-refractivity contribution in [2.75, 3.05) is 6.54 Å². The number of hydrogen-bond acceptors (Lipinski definition) is 9. The predicted octanol–water partition coefficient (Wildman–Crippen LogP) is -1.56. The summed E-state index contributed by atoms with van der Waals surface area (Å²) in [7, 11) is -3.20. The molecule has 0 saturated carbocycles. The van der Waals surface area contributed by atoms with E-state index < -0.39 is 39.2 Å². The van der Waals surface area contributed by atoms with Crippen molar-refractivity contribution in [3.05, 3.63) is 88.0 Å². The lowest BCUT2D eigenvalue weighted by molar-refractivity contribution is -0.120. The number of nitrogens with zero attached hydrogens (tertiary/aromatic N) is 1. The molecule has 230 valence electrons. The van der Waals surface area contributed by atoms with Gasteiger partial charge in [-0.1, -0.05) is 30.3 Å². The van der Waals surface area contributed by atoms with Crippen molar-refractivity contribution >= 4 is 55.5 Å². The second-order valence-corrected chi connectivity index (χ2v) is 11.5. The Labute approximate surface area is 260 Å². The first-order chi connectivity index (χ1) is 21.7. The second-order valence-electron chi connectivity index (χ2n) is 11.5. The topological polar surface area (TPSA) is 181 Å². The average molecular weight is 611 g/mol. The molecule has 6 rings (SSSR count). The van der Waals surface area contributed by atoms with E-state index in [2.05, 4.69) is 5.32 Å². The molecule has 0 bridgehead atoms. The number of unbranched alkanes of at least 4 members (excludes halogenated alkanes) is 1. The number of carbonyl (C=O) groups excluding carboxylic acids is 3. The molecule has 45 heavy (non-hydrogen) atoms. The molecule has 6 N–H and O–H groups in total. The first-order valence-electron chi connectivity index (χ1n) is 14.8. The fraction of sp³-hybridized carbons (Fsp3) is 0.300. The van der Waals surface area contributed by atoms with Gasteiger partial charge >= 0.3 is 21.4 Å². The van der Waals surface area contributed by atoms with Crippen molar-refractivity contribution in [1.29, 1.82) is 0 Å². The Morgan fingerprint density at radius 2 is 1.31 bits per heavy atom. The van der Waals surface area contributed by atoms with Crippen LogP contribution in [-0.4, -0.2) is 71.6 Å². The molecule has 0 unspecified atom stereocenters. The van der Waals surface area contributed by atoms with E-state index in [1.165, 1.54) is 6.07 Å². The molecule has 0 aliphatic carbocycles. The lowest BCUT2D eigenvalue weighted by Crippen LogP contribution is -2.44. The highest BCUT2D eigenvalue weighted by atomic mass is 16.5. The van der Waals surface area contributed by atoms with Gasteiger partial charge in [0.15, 0.2) is 0 Å². The number of rotatable bonds is 11. The van der Waals surface area contributed by atoms with E-state index in [1.54, 1.807) is 35.2 Å². The van der Waals surface area contributed by atoms with E-state index in [1.807, 2.05) is 18.2 Å². The monoisotopic (exact) mass is 611 g/mol. The first-order valence-corrected chi connectivity index (χ1v) is 14.8. The van der Waals surface area contributed by atoms with E-state index in [4.69, 9.17) is 19.7 Å². The molecule has 1 atom stereocenters. The molecule has 3 aromatic rings. The molecule has 3 aliphatic heterocycles. The van der Waals surface area contributed by atoms with E-state index in [9.17, 15) is 29.5 Å². The summed E-state index contributed by atoms with van der Waals surface area (Å²) in [6.45, 7) is 1.42. The molecular formula is C30H32B3N3O9. The van der Waals surface area contributed by atoms with Gasteiger partial charge in [-0.25, -0.2) is 0 Å². The van der Waals surface area contributed by atoms with E-state index in [-0.39, 0.29) is 37.6 Å². The minimum absolute atomic E-state index is 0.249. The zero-order chi connectivity index (χ0) is 31.7. The van der Waals surface area contributed by atoms with Crippen LogP contribution in [0.5, 0.6) is 0 Å². The summed E-state index contributed by atoms with van der Waals surface area (Å²) >= 11 is 0. The van der Waals surface area contributed by atoms with Gasteiger partial charge in [0.25, 0.3) is 11.8 Å². The Morgan fingerprint density at radius 1 is 0.778 bits per heavy atom. The standard InChI is InChI=1S/C30H32B3N3O9/c34-28(37)27(35-29(38)19-6-8-22-16-44-32(41)25(22)12-19)3-1-2-10-36(14-18-4-5-21-15-43-31(40)24(21)11-18)30(39)20-7-9-23-17-45-33(42)26(23)13-20/h4-9,11-13,27,40-42H,1-3,10,14-17H2,(H2,34,37)(H,35,38)/t27-/m0/s1. The zero-order valence-electron chi connectivity index (χ0n) is 24.5. The third-order valence-corrected chi connectivity index (χ3v) is 8.48. The Bertz CT molecular complexity index is 1640. The van der Waals surface area contributed by atoms with Gasteiger partial charge in [-0.3, -0.25) is 14.4 Å². The summed E-state index contributed by atoms with van der Waals surface area (Å²) in [4.78, 5) is 40.6. The maximum atomic E-state index is 13.8. The summed E-state index contributed by atoms with van der Waals surface area (Å²) in [5, 5.41) is 33.0. The number of fused-ring (bicyclic) bond motifs is 3. The van der Waals surface area contributed by atoms with Gasteiger partial charge in [0, 0.05) is 24.2 Å². The predicted molar refractivity (Wildman–Crippen MR) is 166 cm³/mol. The van der Waals surface area contributed by atoms with Crippen LogP contribution in [0, 0.1) is 0 Å². The number of hydrogen-bond donors (Lipinski definition) is 5. The normalized spacial score (nSPS) is 15.5. The Hall–Kier alpha value is -3.98. The molecule has 3 aliphatic rings. The number of carbonyl (C=O) groups is 3. The molecular weight excluding hydrogens is 579 g/mol. The maximum absolute atomic E-state index is 13.8. The van der Waals surface area contributed by atoms with Crippen LogP contribution in [0.25, 0.3) is 0 Å². The summed E-state index contributed by atoms with van der Waals surface area (Å²) in [6, 6.07) is 14.6. The van der Waals surface area contributed by atoms with Crippen molar-refractivity contribution in [2.24, 2.45) is 5.73 Å². The van der Waals surface area contributed by atoms with Crippen molar-refractivity contribution < 1.29 is 43.4 Å². The molecule has 0 radical (unpaired) electrons. The Morgan fingerprint density at radius 3 is 1.91 bits per heavy atom. The van der Waals surface area contributed by atoms with Gasteiger partial charge in [0.1, 0.15) is 6.04 Å². The van der Waals surface area contributed by atoms with Gasteiger partial charge in [-0.2, -0.15) is 0 Å². The minimum atomic E-state index is -1.10. The van der Waals surface area contributed by atoms with Crippen LogP contribution >= 0.6 is 0 Å². The molecule has 3 amide bonds. The average Bonchev–Trinajstić information content (AvgIpc) is 3.73. The fourth-order valence-corrected chi connectivity index (χ4v) is 5.90. The molecule has 0 fully saturated rings. The van der Waals surface area contributed by atoms with Gasteiger partial charge < -0.3 is 45.0 Å². The van der Waals surface area contributed by atoms with Crippen LogP contribution in [0.2, 0.25) is 0 Å². The van der Waals surface area contributed by atoms with Crippen LogP contribution in [0.4, 0.5) is 0 Å². The molecule has 3 heterocycles. The van der Waals surface area contributed by atoms with Crippen LogP contribution in [-0.2, 0) is 45.1 Å². The van der Waals surface area contributed by atoms with Crippen LogP contribution in [0.1, 0.15) is 62.2 Å². The molecule has 0 spiro atoms. The summed E-state index contributed by atoms with van der Waals surface area (Å²) in [6.07, 6.45) is 1.23. The Balaban J connectivity index is 1.12. The molecule has 12 nitrogen and oxygen atoms in total. The van der Waals surface area contributed by atoms with Gasteiger partial charge in [0.05, 0.1) is 19.8 Å². The summed E-state index contributed by atoms with van der Waals surface area (Å²) in [5.41, 5.74) is 11.3. The largest absolute Gasteiger partial charge is 0.491 e. The Kier molecular flexibility index (Phi) is 9.08. The van der Waals surface area contributed by atoms with Crippen LogP contribution < -0.4 is 27.4 Å². The lowest BCUT2D eigenvalue weighted by atomic mass is 9.78. The van der Waals surface area contributed by atoms with E-state index in [0.29, 0.717) is 47.9 Å². The van der Waals surface area contributed by atoms with Crippen molar-refractivity contribution in [2.45, 2.75) is 51.7 Å². The number of primary amides is 1. The molecule has 3 aromatic carbocycles.